The molecule has 0 aliphatic rings. The van der Waals surface area contributed by atoms with Crippen LogP contribution in [0, 0.1) is 0 Å². The SMILES string of the molecule is FC(F)(F)c1cccc(CNCc2cccc(Cl)c2Cl)c1. The minimum Gasteiger partial charge on any atom is -0.309 e. The van der Waals surface area contributed by atoms with Crippen molar-refractivity contribution in [2.45, 2.75) is 19.3 Å². The van der Waals surface area contributed by atoms with E-state index in [1.54, 1.807) is 18.2 Å². The molecule has 2 rings (SSSR count). The standard InChI is InChI=1S/C15H12Cl2F3N/c16-13-6-2-4-11(14(13)17)9-21-8-10-3-1-5-12(7-10)15(18,19)20/h1-7,21H,8-9H2. The second-order valence-electron chi connectivity index (χ2n) is 4.51. The van der Waals surface area contributed by atoms with Crippen molar-refractivity contribution in [2.75, 3.05) is 0 Å². The minimum absolute atomic E-state index is 0.312. The van der Waals surface area contributed by atoms with E-state index >= 15 is 0 Å². The van der Waals surface area contributed by atoms with Gasteiger partial charge in [-0.3, -0.25) is 0 Å². The molecule has 0 spiro atoms. The maximum absolute atomic E-state index is 12.6. The van der Waals surface area contributed by atoms with Gasteiger partial charge in [0.15, 0.2) is 0 Å². The number of benzene rings is 2. The van der Waals surface area contributed by atoms with Crippen LogP contribution >= 0.6 is 23.2 Å². The average molecular weight is 334 g/mol. The van der Waals surface area contributed by atoms with Gasteiger partial charge in [0.1, 0.15) is 0 Å². The third kappa shape index (κ3) is 4.37. The summed E-state index contributed by atoms with van der Waals surface area (Å²) in [5.74, 6) is 0. The topological polar surface area (TPSA) is 12.0 Å². The Bertz CT molecular complexity index is 627. The van der Waals surface area contributed by atoms with E-state index in [9.17, 15) is 13.2 Å². The molecular weight excluding hydrogens is 322 g/mol. The third-order valence-corrected chi connectivity index (χ3v) is 3.79. The normalized spacial score (nSPS) is 11.7. The van der Waals surface area contributed by atoms with Crippen LogP contribution in [0.3, 0.4) is 0 Å². The highest BCUT2D eigenvalue weighted by atomic mass is 35.5. The van der Waals surface area contributed by atoms with E-state index < -0.39 is 11.7 Å². The second-order valence-corrected chi connectivity index (χ2v) is 5.30. The van der Waals surface area contributed by atoms with Gasteiger partial charge in [-0.1, -0.05) is 53.5 Å². The first kappa shape index (κ1) is 16.1. The van der Waals surface area contributed by atoms with Gasteiger partial charge in [-0.25, -0.2) is 0 Å². The number of nitrogens with one attached hydrogen (secondary N) is 1. The smallest absolute Gasteiger partial charge is 0.309 e. The molecule has 0 heterocycles. The second kappa shape index (κ2) is 6.69. The van der Waals surface area contributed by atoms with Gasteiger partial charge in [0.2, 0.25) is 0 Å². The van der Waals surface area contributed by atoms with Crippen molar-refractivity contribution in [1.82, 2.24) is 5.32 Å². The fourth-order valence-corrected chi connectivity index (χ4v) is 2.27. The lowest BCUT2D eigenvalue weighted by Gasteiger charge is -2.10. The molecule has 2 aromatic rings. The van der Waals surface area contributed by atoms with Gasteiger partial charge in [0, 0.05) is 13.1 Å². The van der Waals surface area contributed by atoms with Crippen molar-refractivity contribution < 1.29 is 13.2 Å². The van der Waals surface area contributed by atoms with Crippen molar-refractivity contribution in [3.05, 3.63) is 69.2 Å². The van der Waals surface area contributed by atoms with E-state index in [4.69, 9.17) is 23.2 Å². The van der Waals surface area contributed by atoms with Crippen LogP contribution < -0.4 is 5.32 Å². The van der Waals surface area contributed by atoms with Crippen LogP contribution in [-0.4, -0.2) is 0 Å². The van der Waals surface area contributed by atoms with Crippen LogP contribution in [0.25, 0.3) is 0 Å². The van der Waals surface area contributed by atoms with Crippen LogP contribution in [0.1, 0.15) is 16.7 Å². The van der Waals surface area contributed by atoms with Gasteiger partial charge in [-0.05, 0) is 23.3 Å². The summed E-state index contributed by atoms with van der Waals surface area (Å²) in [5.41, 5.74) is 0.710. The molecular formula is C15H12Cl2F3N. The minimum atomic E-state index is -4.33. The van der Waals surface area contributed by atoms with E-state index in [1.807, 2.05) is 6.07 Å². The van der Waals surface area contributed by atoms with E-state index in [-0.39, 0.29) is 0 Å². The van der Waals surface area contributed by atoms with Gasteiger partial charge >= 0.3 is 6.18 Å². The summed E-state index contributed by atoms with van der Waals surface area (Å²) in [5, 5.41) is 3.96. The molecule has 0 saturated carbocycles. The number of halogens is 5. The van der Waals surface area contributed by atoms with Crippen LogP contribution in [0.2, 0.25) is 10.0 Å². The fourth-order valence-electron chi connectivity index (χ4n) is 1.88. The summed E-state index contributed by atoms with van der Waals surface area (Å²) < 4.78 is 37.8. The zero-order valence-electron chi connectivity index (χ0n) is 10.8. The first-order valence-electron chi connectivity index (χ1n) is 6.17. The Hall–Kier alpha value is -1.23. The highest BCUT2D eigenvalue weighted by Gasteiger charge is 2.30. The van der Waals surface area contributed by atoms with Crippen LogP contribution in [-0.2, 0) is 19.3 Å². The van der Waals surface area contributed by atoms with Crippen molar-refractivity contribution in [1.29, 1.82) is 0 Å². The van der Waals surface area contributed by atoms with Gasteiger partial charge in [0.05, 0.1) is 15.6 Å². The number of hydrogen-bond donors (Lipinski definition) is 1. The summed E-state index contributed by atoms with van der Waals surface area (Å²) in [6.07, 6.45) is -4.33. The molecule has 2 aromatic carbocycles. The van der Waals surface area contributed by atoms with Gasteiger partial charge < -0.3 is 5.32 Å². The molecule has 112 valence electrons. The Morgan fingerprint density at radius 1 is 0.952 bits per heavy atom. The lowest BCUT2D eigenvalue weighted by molar-refractivity contribution is -0.137. The summed E-state index contributed by atoms with van der Waals surface area (Å²) in [4.78, 5) is 0. The number of hydrogen-bond acceptors (Lipinski definition) is 1. The number of rotatable bonds is 4. The molecule has 0 amide bonds. The van der Waals surface area contributed by atoms with E-state index in [0.29, 0.717) is 28.7 Å². The van der Waals surface area contributed by atoms with Crippen LogP contribution in [0.5, 0.6) is 0 Å². The molecule has 0 unspecified atom stereocenters. The van der Waals surface area contributed by atoms with E-state index in [0.717, 1.165) is 17.7 Å². The molecule has 6 heteroatoms. The zero-order valence-corrected chi connectivity index (χ0v) is 12.4. The van der Waals surface area contributed by atoms with Crippen molar-refractivity contribution in [3.63, 3.8) is 0 Å². The Morgan fingerprint density at radius 2 is 1.67 bits per heavy atom. The quantitative estimate of drug-likeness (QED) is 0.800. The molecule has 0 aliphatic heterocycles. The summed E-state index contributed by atoms with van der Waals surface area (Å²) in [6.45, 7) is 0.738. The average Bonchev–Trinajstić information content (AvgIpc) is 2.43. The molecule has 1 nitrogen and oxygen atoms in total. The summed E-state index contributed by atoms with van der Waals surface area (Å²) in [7, 11) is 0. The molecule has 0 saturated heterocycles. The lowest BCUT2D eigenvalue weighted by Crippen LogP contribution is -2.14. The van der Waals surface area contributed by atoms with E-state index in [2.05, 4.69) is 5.32 Å². The van der Waals surface area contributed by atoms with Gasteiger partial charge in [-0.15, -0.1) is 0 Å². The molecule has 0 bridgehead atoms. The Kier molecular flexibility index (Phi) is 5.14. The first-order valence-corrected chi connectivity index (χ1v) is 6.93. The van der Waals surface area contributed by atoms with Crippen LogP contribution in [0.15, 0.2) is 42.5 Å². The van der Waals surface area contributed by atoms with Crippen molar-refractivity contribution in [3.8, 4) is 0 Å². The Balaban J connectivity index is 1.99. The Morgan fingerprint density at radius 3 is 2.38 bits per heavy atom. The highest BCUT2D eigenvalue weighted by Crippen LogP contribution is 2.29. The summed E-state index contributed by atoms with van der Waals surface area (Å²) >= 11 is 11.9. The molecule has 21 heavy (non-hydrogen) atoms. The maximum atomic E-state index is 12.6. The largest absolute Gasteiger partial charge is 0.416 e. The number of alkyl halides is 3. The molecule has 0 aromatic heterocycles. The molecule has 0 atom stereocenters. The van der Waals surface area contributed by atoms with Gasteiger partial charge in [-0.2, -0.15) is 13.2 Å². The van der Waals surface area contributed by atoms with Crippen LogP contribution in [0.4, 0.5) is 13.2 Å². The third-order valence-electron chi connectivity index (χ3n) is 2.93. The lowest BCUT2D eigenvalue weighted by atomic mass is 10.1. The van der Waals surface area contributed by atoms with Gasteiger partial charge in [0.25, 0.3) is 0 Å². The molecule has 1 N–H and O–H groups in total. The van der Waals surface area contributed by atoms with E-state index in [1.165, 1.54) is 6.07 Å². The predicted octanol–water partition coefficient (Wildman–Crippen LogP) is 5.30. The molecule has 0 aliphatic carbocycles. The zero-order chi connectivity index (χ0) is 15.5. The van der Waals surface area contributed by atoms with Crippen molar-refractivity contribution >= 4 is 23.2 Å². The monoisotopic (exact) mass is 333 g/mol. The fraction of sp³-hybridized carbons (Fsp3) is 0.200. The maximum Gasteiger partial charge on any atom is 0.416 e. The first-order chi connectivity index (χ1) is 9.88. The summed E-state index contributed by atoms with van der Waals surface area (Å²) in [6, 6.07) is 10.5. The predicted molar refractivity (Wildman–Crippen MR) is 78.4 cm³/mol. The molecule has 0 fully saturated rings. The molecule has 0 radical (unpaired) electrons. The van der Waals surface area contributed by atoms with Crippen molar-refractivity contribution in [2.24, 2.45) is 0 Å². The highest BCUT2D eigenvalue weighted by molar-refractivity contribution is 6.42. The Labute approximate surface area is 130 Å².